The molecule has 1 rings (SSSR count). The lowest BCUT2D eigenvalue weighted by Gasteiger charge is -2.05. The van der Waals surface area contributed by atoms with Crippen molar-refractivity contribution in [3.63, 3.8) is 0 Å². The van der Waals surface area contributed by atoms with Gasteiger partial charge in [0.1, 0.15) is 0 Å². The molecule has 0 amide bonds. The Morgan fingerprint density at radius 1 is 1.61 bits per heavy atom. The number of ether oxygens (including phenoxy) is 1. The molecular formula is C9H14N2O4S3. The Balaban J connectivity index is 2.79. The van der Waals surface area contributed by atoms with Crippen LogP contribution in [-0.2, 0) is 14.8 Å². The average Bonchev–Trinajstić information content (AvgIpc) is 2.83. The maximum absolute atomic E-state index is 11.9. The number of carbonyl (C=O) groups is 1. The lowest BCUT2D eigenvalue weighted by Crippen LogP contribution is -2.26. The van der Waals surface area contributed by atoms with E-state index in [4.69, 9.17) is 0 Å². The molecule has 0 unspecified atom stereocenters. The first-order chi connectivity index (χ1) is 8.53. The number of aromatic nitrogens is 1. The van der Waals surface area contributed by atoms with Gasteiger partial charge in [0.25, 0.3) is 10.0 Å². The van der Waals surface area contributed by atoms with Crippen LogP contribution >= 0.6 is 23.1 Å². The van der Waals surface area contributed by atoms with Gasteiger partial charge in [0, 0.05) is 6.54 Å². The summed E-state index contributed by atoms with van der Waals surface area (Å²) < 4.78 is 30.7. The van der Waals surface area contributed by atoms with Gasteiger partial charge in [0.2, 0.25) is 0 Å². The SMILES string of the molecule is COC(=O)c1ncsc1S(=O)(=O)NCCCSC. The first-order valence-electron chi connectivity index (χ1n) is 5.03. The van der Waals surface area contributed by atoms with Gasteiger partial charge in [0.15, 0.2) is 9.90 Å². The van der Waals surface area contributed by atoms with Crippen LogP contribution in [0, 0.1) is 0 Å². The van der Waals surface area contributed by atoms with Crippen molar-refractivity contribution in [3.05, 3.63) is 11.2 Å². The zero-order valence-corrected chi connectivity index (χ0v) is 12.5. The number of sulfonamides is 1. The zero-order valence-electron chi connectivity index (χ0n) is 10.0. The highest BCUT2D eigenvalue weighted by atomic mass is 32.2. The Hall–Kier alpha value is -0.640. The largest absolute Gasteiger partial charge is 0.464 e. The summed E-state index contributed by atoms with van der Waals surface area (Å²) in [5.74, 6) is 0.121. The fourth-order valence-electron chi connectivity index (χ4n) is 1.15. The van der Waals surface area contributed by atoms with Crippen LogP contribution in [0.1, 0.15) is 16.9 Å². The van der Waals surface area contributed by atoms with Crippen LogP contribution < -0.4 is 4.72 Å². The maximum atomic E-state index is 11.9. The first kappa shape index (κ1) is 15.4. The van der Waals surface area contributed by atoms with Crippen molar-refractivity contribution in [2.24, 2.45) is 0 Å². The molecule has 0 aliphatic carbocycles. The summed E-state index contributed by atoms with van der Waals surface area (Å²) >= 11 is 2.54. The third-order valence-electron chi connectivity index (χ3n) is 1.98. The fourth-order valence-corrected chi connectivity index (χ4v) is 3.83. The first-order valence-corrected chi connectivity index (χ1v) is 8.79. The second-order valence-electron chi connectivity index (χ2n) is 3.22. The van der Waals surface area contributed by atoms with Gasteiger partial charge in [-0.15, -0.1) is 11.3 Å². The van der Waals surface area contributed by atoms with Gasteiger partial charge in [0.05, 0.1) is 12.6 Å². The van der Waals surface area contributed by atoms with E-state index < -0.39 is 16.0 Å². The van der Waals surface area contributed by atoms with Crippen LogP contribution in [0.2, 0.25) is 0 Å². The number of esters is 1. The lowest BCUT2D eigenvalue weighted by atomic mass is 10.5. The number of thioether (sulfide) groups is 1. The van der Waals surface area contributed by atoms with E-state index in [9.17, 15) is 13.2 Å². The van der Waals surface area contributed by atoms with Gasteiger partial charge in [-0.2, -0.15) is 11.8 Å². The molecule has 0 saturated heterocycles. The van der Waals surface area contributed by atoms with E-state index >= 15 is 0 Å². The molecule has 1 aromatic heterocycles. The quantitative estimate of drug-likeness (QED) is 0.596. The molecule has 0 aromatic carbocycles. The van der Waals surface area contributed by atoms with E-state index in [1.165, 1.54) is 12.6 Å². The van der Waals surface area contributed by atoms with Crippen LogP contribution in [-0.4, -0.2) is 45.0 Å². The molecule has 0 fully saturated rings. The van der Waals surface area contributed by atoms with Gasteiger partial charge >= 0.3 is 5.97 Å². The minimum Gasteiger partial charge on any atom is -0.464 e. The normalized spacial score (nSPS) is 11.4. The summed E-state index contributed by atoms with van der Waals surface area (Å²) in [6.45, 7) is 0.335. The van der Waals surface area contributed by atoms with Crippen molar-refractivity contribution in [1.29, 1.82) is 0 Å². The molecule has 18 heavy (non-hydrogen) atoms. The summed E-state index contributed by atoms with van der Waals surface area (Å²) in [4.78, 5) is 15.1. The molecule has 0 saturated carbocycles. The van der Waals surface area contributed by atoms with Crippen molar-refractivity contribution in [1.82, 2.24) is 9.71 Å². The minimum absolute atomic E-state index is 0.0986. The third kappa shape index (κ3) is 3.94. The number of rotatable bonds is 7. The zero-order chi connectivity index (χ0) is 13.6. The van der Waals surface area contributed by atoms with Gasteiger partial charge in [-0.25, -0.2) is 22.9 Å². The van der Waals surface area contributed by atoms with Crippen LogP contribution in [0.15, 0.2) is 9.72 Å². The summed E-state index contributed by atoms with van der Waals surface area (Å²) in [5, 5.41) is 0. The highest BCUT2D eigenvalue weighted by Crippen LogP contribution is 2.20. The summed E-state index contributed by atoms with van der Waals surface area (Å²) in [6.07, 6.45) is 2.68. The topological polar surface area (TPSA) is 85.4 Å². The van der Waals surface area contributed by atoms with E-state index in [0.29, 0.717) is 6.54 Å². The molecule has 1 heterocycles. The van der Waals surface area contributed by atoms with Crippen molar-refractivity contribution >= 4 is 39.1 Å². The van der Waals surface area contributed by atoms with Crippen molar-refractivity contribution in [2.45, 2.75) is 10.6 Å². The van der Waals surface area contributed by atoms with Gasteiger partial charge < -0.3 is 4.74 Å². The average molecular weight is 310 g/mol. The number of nitrogens with zero attached hydrogens (tertiary/aromatic N) is 1. The summed E-state index contributed by atoms with van der Waals surface area (Å²) in [7, 11) is -2.50. The monoisotopic (exact) mass is 310 g/mol. The number of carbonyl (C=O) groups excluding carboxylic acids is 1. The number of hydrogen-bond donors (Lipinski definition) is 1. The third-order valence-corrected chi connectivity index (χ3v) is 5.50. The van der Waals surface area contributed by atoms with E-state index in [-0.39, 0.29) is 9.90 Å². The van der Waals surface area contributed by atoms with Crippen LogP contribution in [0.25, 0.3) is 0 Å². The predicted octanol–water partition coefficient (Wildman–Crippen LogP) is 0.961. The molecule has 0 bridgehead atoms. The molecule has 0 aliphatic heterocycles. The predicted molar refractivity (Wildman–Crippen MR) is 71.6 cm³/mol. The van der Waals surface area contributed by atoms with E-state index in [2.05, 4.69) is 14.4 Å². The number of thiazole rings is 1. The lowest BCUT2D eigenvalue weighted by molar-refractivity contribution is 0.0590. The second-order valence-corrected chi connectivity index (χ2v) is 7.03. The molecule has 0 aliphatic rings. The maximum Gasteiger partial charge on any atom is 0.358 e. The molecule has 6 nitrogen and oxygen atoms in total. The van der Waals surface area contributed by atoms with E-state index in [1.807, 2.05) is 6.26 Å². The molecular weight excluding hydrogens is 296 g/mol. The Labute approximate surface area is 114 Å². The Morgan fingerprint density at radius 2 is 2.33 bits per heavy atom. The van der Waals surface area contributed by atoms with Gasteiger partial charge in [-0.05, 0) is 18.4 Å². The van der Waals surface area contributed by atoms with Crippen LogP contribution in [0.4, 0.5) is 0 Å². The second kappa shape index (κ2) is 7.07. The molecule has 1 N–H and O–H groups in total. The molecule has 0 radical (unpaired) electrons. The molecule has 1 aromatic rings. The van der Waals surface area contributed by atoms with Crippen molar-refractivity contribution < 1.29 is 17.9 Å². The molecule has 9 heteroatoms. The Morgan fingerprint density at radius 3 is 2.94 bits per heavy atom. The molecule has 102 valence electrons. The van der Waals surface area contributed by atoms with Gasteiger partial charge in [-0.3, -0.25) is 0 Å². The molecule has 0 spiro atoms. The fraction of sp³-hybridized carbons (Fsp3) is 0.556. The van der Waals surface area contributed by atoms with Crippen LogP contribution in [0.5, 0.6) is 0 Å². The molecule has 0 atom stereocenters. The number of nitrogens with one attached hydrogen (secondary N) is 1. The smallest absolute Gasteiger partial charge is 0.358 e. The number of methoxy groups -OCH3 is 1. The highest BCUT2D eigenvalue weighted by molar-refractivity contribution is 7.98. The van der Waals surface area contributed by atoms with E-state index in [0.717, 1.165) is 23.5 Å². The van der Waals surface area contributed by atoms with E-state index in [1.54, 1.807) is 11.8 Å². The van der Waals surface area contributed by atoms with Crippen molar-refractivity contribution in [2.75, 3.05) is 25.7 Å². The summed E-state index contributed by atoms with van der Waals surface area (Å²) in [6, 6.07) is 0. The van der Waals surface area contributed by atoms with Crippen molar-refractivity contribution in [3.8, 4) is 0 Å². The van der Waals surface area contributed by atoms with Gasteiger partial charge in [-0.1, -0.05) is 0 Å². The summed E-state index contributed by atoms with van der Waals surface area (Å²) in [5.41, 5.74) is 1.14. The van der Waals surface area contributed by atoms with Crippen LogP contribution in [0.3, 0.4) is 0 Å². The number of hydrogen-bond acceptors (Lipinski definition) is 7. The Bertz CT molecular complexity index is 498. The highest BCUT2D eigenvalue weighted by Gasteiger charge is 2.25. The Kier molecular flexibility index (Phi) is 6.06. The standard InChI is InChI=1S/C9H14N2O4S3/c1-15-8(12)7-9(17-6-10-7)18(13,14)11-4-3-5-16-2/h6,11H,3-5H2,1-2H3. The minimum atomic E-state index is -3.69.